The maximum Gasteiger partial charge on any atom is 0.372 e. The fraction of sp³-hybridized carbons (Fsp3) is 0.278. The van der Waals surface area contributed by atoms with Crippen molar-refractivity contribution in [2.45, 2.75) is 33.2 Å². The van der Waals surface area contributed by atoms with E-state index in [0.717, 1.165) is 40.3 Å². The molecule has 25 heavy (non-hydrogen) atoms. The average molecular weight is 360 g/mol. The molecule has 0 aromatic carbocycles. The molecule has 0 atom stereocenters. The fourth-order valence-corrected chi connectivity index (χ4v) is 3.23. The maximum absolute atomic E-state index is 11.3. The molecular formula is C18H18ClN3O3. The third kappa shape index (κ3) is 2.93. The lowest BCUT2D eigenvalue weighted by Gasteiger charge is -2.09. The van der Waals surface area contributed by atoms with E-state index in [4.69, 9.17) is 4.42 Å². The third-order valence-electron chi connectivity index (χ3n) is 4.43. The zero-order valence-electron chi connectivity index (χ0n) is 13.9. The Hall–Kier alpha value is -2.60. The Labute approximate surface area is 150 Å². The molecule has 4 rings (SSSR count). The molecule has 0 radical (unpaired) electrons. The van der Waals surface area contributed by atoms with E-state index in [1.54, 1.807) is 6.92 Å². The SMILES string of the molecule is Cc1ccc(Cn2cc3c(n2)-c2c(oc(C(=O)O)c2C)CC3)cn1.Cl. The van der Waals surface area contributed by atoms with Crippen molar-refractivity contribution < 1.29 is 14.3 Å². The number of aryl methyl sites for hydroxylation is 3. The Morgan fingerprint density at radius 2 is 2.12 bits per heavy atom. The molecule has 7 heteroatoms. The van der Waals surface area contributed by atoms with Crippen molar-refractivity contribution in [2.24, 2.45) is 0 Å². The maximum atomic E-state index is 11.3. The summed E-state index contributed by atoms with van der Waals surface area (Å²) in [6, 6.07) is 4.02. The highest BCUT2D eigenvalue weighted by Gasteiger charge is 2.29. The van der Waals surface area contributed by atoms with Crippen LogP contribution in [0.1, 0.15) is 38.7 Å². The zero-order chi connectivity index (χ0) is 16.8. The second-order valence-electron chi connectivity index (χ2n) is 6.17. The van der Waals surface area contributed by atoms with Crippen LogP contribution in [0.25, 0.3) is 11.3 Å². The second-order valence-corrected chi connectivity index (χ2v) is 6.17. The second kappa shape index (κ2) is 6.37. The van der Waals surface area contributed by atoms with E-state index in [9.17, 15) is 9.90 Å². The van der Waals surface area contributed by atoms with Crippen molar-refractivity contribution in [1.29, 1.82) is 0 Å². The van der Waals surface area contributed by atoms with Gasteiger partial charge in [-0.15, -0.1) is 12.4 Å². The summed E-state index contributed by atoms with van der Waals surface area (Å²) >= 11 is 0. The summed E-state index contributed by atoms with van der Waals surface area (Å²) in [6.45, 7) is 4.38. The Balaban J connectivity index is 0.00000182. The van der Waals surface area contributed by atoms with Gasteiger partial charge in [-0.3, -0.25) is 9.67 Å². The van der Waals surface area contributed by atoms with Gasteiger partial charge >= 0.3 is 5.97 Å². The smallest absolute Gasteiger partial charge is 0.372 e. The van der Waals surface area contributed by atoms with Crippen molar-refractivity contribution in [3.05, 3.63) is 58.4 Å². The van der Waals surface area contributed by atoms with Crippen LogP contribution in [0.15, 0.2) is 28.9 Å². The summed E-state index contributed by atoms with van der Waals surface area (Å²) < 4.78 is 7.42. The molecule has 0 bridgehead atoms. The minimum atomic E-state index is -1.03. The summed E-state index contributed by atoms with van der Waals surface area (Å²) in [5, 5.41) is 13.9. The first-order valence-electron chi connectivity index (χ1n) is 7.86. The van der Waals surface area contributed by atoms with Gasteiger partial charge in [-0.1, -0.05) is 6.07 Å². The largest absolute Gasteiger partial charge is 0.475 e. The molecule has 1 aliphatic carbocycles. The van der Waals surface area contributed by atoms with Gasteiger partial charge < -0.3 is 9.52 Å². The van der Waals surface area contributed by atoms with Crippen molar-refractivity contribution >= 4 is 18.4 Å². The van der Waals surface area contributed by atoms with Crippen LogP contribution in [-0.4, -0.2) is 25.8 Å². The molecule has 6 nitrogen and oxygen atoms in total. The molecule has 0 fully saturated rings. The van der Waals surface area contributed by atoms with Crippen LogP contribution in [-0.2, 0) is 19.4 Å². The quantitative estimate of drug-likeness (QED) is 0.774. The normalized spacial score (nSPS) is 12.2. The van der Waals surface area contributed by atoms with Gasteiger partial charge in [0, 0.05) is 35.6 Å². The van der Waals surface area contributed by atoms with E-state index >= 15 is 0 Å². The van der Waals surface area contributed by atoms with Crippen molar-refractivity contribution in [2.75, 3.05) is 0 Å². The van der Waals surface area contributed by atoms with Gasteiger partial charge in [0.15, 0.2) is 0 Å². The van der Waals surface area contributed by atoms with E-state index in [-0.39, 0.29) is 18.2 Å². The predicted molar refractivity (Wildman–Crippen MR) is 94.4 cm³/mol. The first-order valence-corrected chi connectivity index (χ1v) is 7.86. The van der Waals surface area contributed by atoms with E-state index in [1.807, 2.05) is 36.1 Å². The van der Waals surface area contributed by atoms with Crippen molar-refractivity contribution in [3.63, 3.8) is 0 Å². The number of rotatable bonds is 3. The van der Waals surface area contributed by atoms with Crippen molar-refractivity contribution in [3.8, 4) is 11.3 Å². The van der Waals surface area contributed by atoms with Gasteiger partial charge in [-0.2, -0.15) is 5.10 Å². The monoisotopic (exact) mass is 359 g/mol. The first kappa shape index (κ1) is 17.2. The summed E-state index contributed by atoms with van der Waals surface area (Å²) in [5.41, 5.74) is 5.53. The van der Waals surface area contributed by atoms with Gasteiger partial charge in [-0.25, -0.2) is 4.79 Å². The zero-order valence-corrected chi connectivity index (χ0v) is 14.8. The molecule has 1 N–H and O–H groups in total. The minimum absolute atomic E-state index is 0. The Morgan fingerprint density at radius 3 is 2.80 bits per heavy atom. The fourth-order valence-electron chi connectivity index (χ4n) is 3.23. The lowest BCUT2D eigenvalue weighted by molar-refractivity contribution is 0.0659. The number of carboxylic acid groups (broad SMARTS) is 1. The topological polar surface area (TPSA) is 81.2 Å². The Bertz CT molecular complexity index is 941. The number of hydrogen-bond acceptors (Lipinski definition) is 4. The van der Waals surface area contributed by atoms with Crippen LogP contribution in [0.5, 0.6) is 0 Å². The third-order valence-corrected chi connectivity index (χ3v) is 4.43. The molecule has 1 aliphatic rings. The predicted octanol–water partition coefficient (Wildman–Crippen LogP) is 3.42. The molecule has 3 heterocycles. The molecule has 0 spiro atoms. The van der Waals surface area contributed by atoms with Crippen LogP contribution in [0.2, 0.25) is 0 Å². The highest BCUT2D eigenvalue weighted by atomic mass is 35.5. The summed E-state index contributed by atoms with van der Waals surface area (Å²) in [6.07, 6.45) is 5.40. The number of nitrogens with zero attached hydrogens (tertiary/aromatic N) is 3. The van der Waals surface area contributed by atoms with Crippen LogP contribution in [0.4, 0.5) is 0 Å². The summed E-state index contributed by atoms with van der Waals surface area (Å²) in [4.78, 5) is 15.6. The van der Waals surface area contributed by atoms with Gasteiger partial charge in [0.25, 0.3) is 0 Å². The number of halogens is 1. The molecule has 3 aromatic heterocycles. The number of carbonyl (C=O) groups is 1. The van der Waals surface area contributed by atoms with Crippen LogP contribution in [0.3, 0.4) is 0 Å². The van der Waals surface area contributed by atoms with Gasteiger partial charge in [0.2, 0.25) is 5.76 Å². The Morgan fingerprint density at radius 1 is 1.32 bits per heavy atom. The molecule has 0 saturated heterocycles. The van der Waals surface area contributed by atoms with E-state index in [1.165, 1.54) is 0 Å². The summed E-state index contributed by atoms with van der Waals surface area (Å²) in [7, 11) is 0. The lowest BCUT2D eigenvalue weighted by Crippen LogP contribution is -2.02. The van der Waals surface area contributed by atoms with Crippen molar-refractivity contribution in [1.82, 2.24) is 14.8 Å². The average Bonchev–Trinajstić information content (AvgIpc) is 3.10. The highest BCUT2D eigenvalue weighted by molar-refractivity contribution is 5.90. The number of hydrogen-bond donors (Lipinski definition) is 1. The van der Waals surface area contributed by atoms with Crippen LogP contribution in [0, 0.1) is 13.8 Å². The minimum Gasteiger partial charge on any atom is -0.475 e. The van der Waals surface area contributed by atoms with Crippen LogP contribution >= 0.6 is 12.4 Å². The number of carboxylic acids is 1. The highest BCUT2D eigenvalue weighted by Crippen LogP contribution is 2.38. The number of furan rings is 1. The molecule has 130 valence electrons. The molecule has 3 aromatic rings. The first-order chi connectivity index (χ1) is 11.5. The molecular weight excluding hydrogens is 342 g/mol. The van der Waals surface area contributed by atoms with Gasteiger partial charge in [0.1, 0.15) is 5.76 Å². The number of fused-ring (bicyclic) bond motifs is 3. The standard InChI is InChI=1S/C18H17N3O3.ClH/c1-10-3-4-12(7-19-10)8-21-9-13-5-6-14-15(16(13)20-21)11(2)17(24-14)18(22)23;/h3-4,7,9H,5-6,8H2,1-2H3,(H,22,23);1H. The molecule has 0 amide bonds. The Kier molecular flexibility index (Phi) is 4.39. The van der Waals surface area contributed by atoms with E-state index in [0.29, 0.717) is 18.5 Å². The number of aromatic carboxylic acids is 1. The molecule has 0 saturated carbocycles. The molecule has 0 aliphatic heterocycles. The number of aromatic nitrogens is 3. The van der Waals surface area contributed by atoms with E-state index < -0.39 is 5.97 Å². The van der Waals surface area contributed by atoms with Crippen LogP contribution < -0.4 is 0 Å². The summed E-state index contributed by atoms with van der Waals surface area (Å²) in [5.74, 6) is -0.293. The van der Waals surface area contributed by atoms with E-state index in [2.05, 4.69) is 10.1 Å². The number of pyridine rings is 1. The van der Waals surface area contributed by atoms with Gasteiger partial charge in [-0.05, 0) is 37.5 Å². The lowest BCUT2D eigenvalue weighted by atomic mass is 9.94. The van der Waals surface area contributed by atoms with Gasteiger partial charge in [0.05, 0.1) is 12.2 Å². The molecule has 0 unspecified atom stereocenters.